The molecule has 23 heavy (non-hydrogen) atoms. The Morgan fingerprint density at radius 1 is 1.13 bits per heavy atom. The van der Waals surface area contributed by atoms with Crippen LogP contribution < -0.4 is 5.32 Å². The van der Waals surface area contributed by atoms with Gasteiger partial charge in [0.2, 0.25) is 0 Å². The molecular weight excluding hydrogens is 326 g/mol. The van der Waals surface area contributed by atoms with Crippen molar-refractivity contribution in [3.63, 3.8) is 0 Å². The Bertz CT molecular complexity index is 870. The minimum atomic E-state index is 0.724. The lowest BCUT2D eigenvalue weighted by Gasteiger charge is -2.29. The van der Waals surface area contributed by atoms with Crippen molar-refractivity contribution < 1.29 is 0 Å². The third-order valence-corrected chi connectivity index (χ3v) is 4.88. The van der Waals surface area contributed by atoms with Crippen LogP contribution >= 0.6 is 23.8 Å². The van der Waals surface area contributed by atoms with E-state index in [1.807, 2.05) is 24.3 Å². The minimum absolute atomic E-state index is 0.724. The van der Waals surface area contributed by atoms with E-state index in [9.17, 15) is 0 Å². The van der Waals surface area contributed by atoms with Crippen LogP contribution in [0.1, 0.15) is 11.3 Å². The van der Waals surface area contributed by atoms with Crippen LogP contribution in [0.25, 0.3) is 10.9 Å². The second-order valence-corrected chi connectivity index (χ2v) is 6.56. The van der Waals surface area contributed by atoms with Gasteiger partial charge < -0.3 is 15.2 Å². The van der Waals surface area contributed by atoms with E-state index >= 15 is 0 Å². The predicted octanol–water partition coefficient (Wildman–Crippen LogP) is 4.58. The first-order valence-electron chi connectivity index (χ1n) is 7.60. The maximum Gasteiger partial charge on any atom is 0.173 e. The average Bonchev–Trinajstić information content (AvgIpc) is 2.94. The number of para-hydroxylation sites is 1. The molecule has 2 N–H and O–H groups in total. The molecule has 116 valence electrons. The van der Waals surface area contributed by atoms with Crippen LogP contribution in [-0.4, -0.2) is 21.5 Å². The summed E-state index contributed by atoms with van der Waals surface area (Å²) in [6, 6.07) is 16.1. The summed E-state index contributed by atoms with van der Waals surface area (Å²) >= 11 is 11.5. The highest BCUT2D eigenvalue weighted by Gasteiger charge is 2.21. The number of benzene rings is 2. The quantitative estimate of drug-likeness (QED) is 0.635. The Labute approximate surface area is 145 Å². The molecule has 1 aliphatic rings. The number of nitrogens with zero attached hydrogens (tertiary/aromatic N) is 1. The van der Waals surface area contributed by atoms with Gasteiger partial charge in [-0.15, -0.1) is 0 Å². The van der Waals surface area contributed by atoms with Crippen molar-refractivity contribution in [1.29, 1.82) is 0 Å². The summed E-state index contributed by atoms with van der Waals surface area (Å²) in [4.78, 5) is 5.72. The molecule has 0 saturated heterocycles. The molecule has 2 aromatic carbocycles. The first kappa shape index (κ1) is 14.5. The van der Waals surface area contributed by atoms with E-state index in [2.05, 4.69) is 39.5 Å². The monoisotopic (exact) mass is 341 g/mol. The normalized spacial score (nSPS) is 13.9. The maximum absolute atomic E-state index is 5.92. The number of aromatic nitrogens is 1. The zero-order valence-corrected chi connectivity index (χ0v) is 14.0. The van der Waals surface area contributed by atoms with Crippen LogP contribution in [0.15, 0.2) is 48.5 Å². The van der Waals surface area contributed by atoms with Gasteiger partial charge in [-0.3, -0.25) is 0 Å². The van der Waals surface area contributed by atoms with Gasteiger partial charge in [0.15, 0.2) is 5.11 Å². The molecular formula is C18H16ClN3S. The van der Waals surface area contributed by atoms with Crippen molar-refractivity contribution in [3.05, 3.63) is 64.8 Å². The number of anilines is 1. The fourth-order valence-electron chi connectivity index (χ4n) is 3.10. The fourth-order valence-corrected chi connectivity index (χ4v) is 3.50. The Morgan fingerprint density at radius 2 is 1.91 bits per heavy atom. The lowest BCUT2D eigenvalue weighted by atomic mass is 10.0. The Kier molecular flexibility index (Phi) is 3.71. The van der Waals surface area contributed by atoms with E-state index in [0.717, 1.165) is 35.3 Å². The molecule has 4 rings (SSSR count). The van der Waals surface area contributed by atoms with Crippen molar-refractivity contribution in [3.8, 4) is 0 Å². The highest BCUT2D eigenvalue weighted by molar-refractivity contribution is 7.80. The molecule has 0 atom stereocenters. The minimum Gasteiger partial charge on any atom is -0.357 e. The summed E-state index contributed by atoms with van der Waals surface area (Å²) in [5, 5.41) is 6.09. The molecule has 0 spiro atoms. The van der Waals surface area contributed by atoms with E-state index < -0.39 is 0 Å². The summed E-state index contributed by atoms with van der Waals surface area (Å²) < 4.78 is 0. The molecule has 0 fully saturated rings. The van der Waals surface area contributed by atoms with Crippen LogP contribution in [0.5, 0.6) is 0 Å². The first-order valence-corrected chi connectivity index (χ1v) is 8.39. The van der Waals surface area contributed by atoms with Gasteiger partial charge >= 0.3 is 0 Å². The number of fused-ring (bicyclic) bond motifs is 3. The number of halogens is 1. The maximum atomic E-state index is 5.92. The Hall–Kier alpha value is -2.04. The van der Waals surface area contributed by atoms with Crippen molar-refractivity contribution in [2.45, 2.75) is 13.0 Å². The van der Waals surface area contributed by atoms with Gasteiger partial charge in [0.05, 0.1) is 6.54 Å². The number of aromatic amines is 1. The van der Waals surface area contributed by atoms with Gasteiger partial charge in [0.1, 0.15) is 0 Å². The summed E-state index contributed by atoms with van der Waals surface area (Å²) in [5.41, 5.74) is 4.85. The first-order chi connectivity index (χ1) is 11.2. The van der Waals surface area contributed by atoms with Gasteiger partial charge in [-0.2, -0.15) is 0 Å². The SMILES string of the molecule is S=C(Nc1ccc(Cl)cc1)N1CCc2c([nH]c3ccccc23)C1. The highest BCUT2D eigenvalue weighted by atomic mass is 35.5. The second kappa shape index (κ2) is 5.87. The largest absolute Gasteiger partial charge is 0.357 e. The number of H-pyrrole nitrogens is 1. The summed E-state index contributed by atoms with van der Waals surface area (Å²) in [6.07, 6.45) is 1.00. The number of hydrogen-bond acceptors (Lipinski definition) is 1. The van der Waals surface area contributed by atoms with Crippen molar-refractivity contribution in [2.24, 2.45) is 0 Å². The van der Waals surface area contributed by atoms with Crippen LogP contribution in [0.2, 0.25) is 5.02 Å². The highest BCUT2D eigenvalue weighted by Crippen LogP contribution is 2.27. The average molecular weight is 342 g/mol. The van der Waals surface area contributed by atoms with E-state index in [4.69, 9.17) is 23.8 Å². The van der Waals surface area contributed by atoms with Gasteiger partial charge in [-0.1, -0.05) is 29.8 Å². The number of nitrogens with one attached hydrogen (secondary N) is 2. The Morgan fingerprint density at radius 3 is 2.74 bits per heavy atom. The zero-order valence-electron chi connectivity index (χ0n) is 12.5. The van der Waals surface area contributed by atoms with E-state index in [1.54, 1.807) is 0 Å². The molecule has 0 saturated carbocycles. The third kappa shape index (κ3) is 2.80. The topological polar surface area (TPSA) is 31.1 Å². The molecule has 0 unspecified atom stereocenters. The van der Waals surface area contributed by atoms with Gasteiger partial charge in [-0.05, 0) is 54.5 Å². The molecule has 1 aromatic heterocycles. The lowest BCUT2D eigenvalue weighted by Crippen LogP contribution is -2.38. The molecule has 0 radical (unpaired) electrons. The van der Waals surface area contributed by atoms with Crippen LogP contribution in [-0.2, 0) is 13.0 Å². The standard InChI is InChI=1S/C18H16ClN3S/c19-12-5-7-13(8-6-12)20-18(23)22-10-9-15-14-3-1-2-4-16(14)21-17(15)11-22/h1-8,21H,9-11H2,(H,20,23). The smallest absolute Gasteiger partial charge is 0.173 e. The van der Waals surface area contributed by atoms with Crippen LogP contribution in [0.3, 0.4) is 0 Å². The lowest BCUT2D eigenvalue weighted by molar-refractivity contribution is 0.396. The van der Waals surface area contributed by atoms with Gasteiger partial charge in [0, 0.05) is 33.9 Å². The molecule has 1 aliphatic heterocycles. The van der Waals surface area contributed by atoms with Crippen molar-refractivity contribution in [2.75, 3.05) is 11.9 Å². The molecule has 0 amide bonds. The van der Waals surface area contributed by atoms with E-state index in [1.165, 1.54) is 22.2 Å². The number of rotatable bonds is 1. The van der Waals surface area contributed by atoms with Gasteiger partial charge in [-0.25, -0.2) is 0 Å². The summed E-state index contributed by atoms with van der Waals surface area (Å²) in [7, 11) is 0. The molecule has 3 nitrogen and oxygen atoms in total. The molecule has 2 heterocycles. The third-order valence-electron chi connectivity index (χ3n) is 4.27. The predicted molar refractivity (Wildman–Crippen MR) is 100 cm³/mol. The van der Waals surface area contributed by atoms with E-state index in [0.29, 0.717) is 0 Å². The fraction of sp³-hybridized carbons (Fsp3) is 0.167. The number of thiocarbonyl (C=S) groups is 1. The van der Waals surface area contributed by atoms with E-state index in [-0.39, 0.29) is 0 Å². The summed E-state index contributed by atoms with van der Waals surface area (Å²) in [6.45, 7) is 1.73. The molecule has 5 heteroatoms. The summed E-state index contributed by atoms with van der Waals surface area (Å²) in [5.74, 6) is 0. The zero-order chi connectivity index (χ0) is 15.8. The van der Waals surface area contributed by atoms with Crippen LogP contribution in [0, 0.1) is 0 Å². The van der Waals surface area contributed by atoms with Crippen molar-refractivity contribution in [1.82, 2.24) is 9.88 Å². The van der Waals surface area contributed by atoms with Crippen LogP contribution in [0.4, 0.5) is 5.69 Å². The molecule has 0 bridgehead atoms. The number of hydrogen-bond donors (Lipinski definition) is 2. The Balaban J connectivity index is 1.53. The van der Waals surface area contributed by atoms with Gasteiger partial charge in [0.25, 0.3) is 0 Å². The molecule has 0 aliphatic carbocycles. The second-order valence-electron chi connectivity index (χ2n) is 5.74. The van der Waals surface area contributed by atoms with Crippen molar-refractivity contribution >= 4 is 45.5 Å². The molecule has 3 aromatic rings.